The first kappa shape index (κ1) is 11.8. The van der Waals surface area contributed by atoms with E-state index in [0.29, 0.717) is 0 Å². The summed E-state index contributed by atoms with van der Waals surface area (Å²) >= 11 is 0. The summed E-state index contributed by atoms with van der Waals surface area (Å²) in [5, 5.41) is 0. The van der Waals surface area contributed by atoms with E-state index in [1.165, 1.54) is 0 Å². The summed E-state index contributed by atoms with van der Waals surface area (Å²) in [6.07, 6.45) is 0. The molecule has 0 aliphatic carbocycles. The summed E-state index contributed by atoms with van der Waals surface area (Å²) in [6.45, 7) is 1.99. The molecule has 12 heavy (non-hydrogen) atoms. The molecule has 0 aromatic heterocycles. The Balaban J connectivity index is 4.94. The van der Waals surface area contributed by atoms with E-state index in [4.69, 9.17) is 9.11 Å². The Morgan fingerprint density at radius 2 is 1.42 bits per heavy atom. The minimum atomic E-state index is -4.47. The summed E-state index contributed by atoms with van der Waals surface area (Å²) in [6, 6.07) is 0. The van der Waals surface area contributed by atoms with Gasteiger partial charge in [-0.3, -0.25) is 9.11 Å². The topological polar surface area (TPSA) is 109 Å². The van der Waals surface area contributed by atoms with Gasteiger partial charge in [0.15, 0.2) is 0 Å². The highest BCUT2D eigenvalue weighted by molar-refractivity contribution is 7.90. The Bertz CT molecular complexity index is 347. The molecule has 0 aliphatic heterocycles. The number of hydrogen-bond acceptors (Lipinski definition) is 4. The minimum absolute atomic E-state index is 0.996. The first-order valence-electron chi connectivity index (χ1n) is 2.88. The lowest BCUT2D eigenvalue weighted by atomic mass is 10.2. The second-order valence-corrected chi connectivity index (χ2v) is 6.47. The normalized spacial score (nSPS) is 14.7. The van der Waals surface area contributed by atoms with E-state index in [1.807, 2.05) is 0 Å². The zero-order valence-corrected chi connectivity index (χ0v) is 8.18. The molecule has 6 nitrogen and oxygen atoms in total. The second-order valence-electron chi connectivity index (χ2n) is 2.96. The Hall–Kier alpha value is -0.180. The molecular weight excluding hydrogens is 208 g/mol. The van der Waals surface area contributed by atoms with Crippen LogP contribution in [0.25, 0.3) is 0 Å². The highest BCUT2D eigenvalue weighted by Gasteiger charge is 2.37. The summed E-state index contributed by atoms with van der Waals surface area (Å²) in [5.74, 6) is -1.03. The van der Waals surface area contributed by atoms with E-state index in [1.54, 1.807) is 0 Å². The van der Waals surface area contributed by atoms with Crippen LogP contribution in [0.4, 0.5) is 0 Å². The van der Waals surface area contributed by atoms with Gasteiger partial charge >= 0.3 is 0 Å². The Morgan fingerprint density at radius 3 is 1.50 bits per heavy atom. The summed E-state index contributed by atoms with van der Waals surface area (Å²) in [5.41, 5.74) is 0. The number of rotatable bonds is 3. The molecule has 0 fully saturated rings. The molecular formula is C4H10O6S2. The van der Waals surface area contributed by atoms with Crippen LogP contribution in [0.3, 0.4) is 0 Å². The van der Waals surface area contributed by atoms with Crippen LogP contribution < -0.4 is 0 Å². The maximum absolute atomic E-state index is 10.5. The lowest BCUT2D eigenvalue weighted by molar-refractivity contribution is 0.436. The van der Waals surface area contributed by atoms with E-state index >= 15 is 0 Å². The van der Waals surface area contributed by atoms with Gasteiger partial charge in [0.05, 0.1) is 5.75 Å². The molecule has 8 heteroatoms. The molecule has 0 radical (unpaired) electrons. The second kappa shape index (κ2) is 2.95. The Labute approximate surface area is 71.1 Å². The van der Waals surface area contributed by atoms with Gasteiger partial charge in [0.25, 0.3) is 20.2 Å². The predicted octanol–water partition coefficient (Wildman–Crippen LogP) is -0.459. The summed E-state index contributed by atoms with van der Waals surface area (Å²) < 4.78 is 56.5. The monoisotopic (exact) mass is 218 g/mol. The van der Waals surface area contributed by atoms with E-state index in [2.05, 4.69) is 0 Å². The minimum Gasteiger partial charge on any atom is -0.285 e. The van der Waals surface area contributed by atoms with Crippen LogP contribution in [-0.2, 0) is 20.2 Å². The fourth-order valence-electron chi connectivity index (χ4n) is 0.514. The molecule has 0 aromatic rings. The predicted molar refractivity (Wildman–Crippen MR) is 42.0 cm³/mol. The van der Waals surface area contributed by atoms with Crippen molar-refractivity contribution >= 4 is 20.2 Å². The summed E-state index contributed by atoms with van der Waals surface area (Å²) in [7, 11) is -8.88. The van der Waals surface area contributed by atoms with Crippen molar-refractivity contribution in [3.05, 3.63) is 0 Å². The third kappa shape index (κ3) is 3.48. The molecule has 0 heterocycles. The maximum Gasteiger partial charge on any atom is 0.271 e. The molecule has 0 amide bonds. The average molecular weight is 218 g/mol. The smallest absolute Gasteiger partial charge is 0.271 e. The molecule has 0 saturated heterocycles. The van der Waals surface area contributed by atoms with Gasteiger partial charge < -0.3 is 0 Å². The average Bonchev–Trinajstić information content (AvgIpc) is 1.52. The van der Waals surface area contributed by atoms with Crippen LogP contribution in [0.5, 0.6) is 0 Å². The zero-order valence-electron chi connectivity index (χ0n) is 6.55. The van der Waals surface area contributed by atoms with Crippen molar-refractivity contribution in [2.45, 2.75) is 18.6 Å². The van der Waals surface area contributed by atoms with E-state index in [0.717, 1.165) is 13.8 Å². The van der Waals surface area contributed by atoms with Crippen LogP contribution in [0.2, 0.25) is 0 Å². The van der Waals surface area contributed by atoms with Crippen molar-refractivity contribution in [2.24, 2.45) is 0 Å². The third-order valence-electron chi connectivity index (χ3n) is 1.23. The van der Waals surface area contributed by atoms with E-state index < -0.39 is 30.7 Å². The van der Waals surface area contributed by atoms with Crippen molar-refractivity contribution in [3.63, 3.8) is 0 Å². The molecule has 0 unspecified atom stereocenters. The fraction of sp³-hybridized carbons (Fsp3) is 1.00. The Kier molecular flexibility index (Phi) is 2.90. The van der Waals surface area contributed by atoms with Crippen LogP contribution in [0.15, 0.2) is 0 Å². The molecule has 74 valence electrons. The van der Waals surface area contributed by atoms with Crippen LogP contribution >= 0.6 is 0 Å². The molecule has 2 N–H and O–H groups in total. The lowest BCUT2D eigenvalue weighted by Gasteiger charge is -2.18. The highest BCUT2D eigenvalue weighted by Crippen LogP contribution is 2.16. The number of hydrogen-bond donors (Lipinski definition) is 2. The fourth-order valence-corrected chi connectivity index (χ4v) is 2.43. The van der Waals surface area contributed by atoms with Gasteiger partial charge in [0, 0.05) is 0 Å². The van der Waals surface area contributed by atoms with Gasteiger partial charge in [-0.05, 0) is 13.8 Å². The van der Waals surface area contributed by atoms with Gasteiger partial charge in [0.1, 0.15) is 4.75 Å². The standard InChI is InChI=1S/C4H10O6S2/c1-4(2,12(8,9)10)3-11(5,6)7/h3H2,1-2H3,(H,5,6,7)(H,8,9,10). The van der Waals surface area contributed by atoms with Crippen molar-refractivity contribution in [1.82, 2.24) is 0 Å². The molecule has 0 rings (SSSR count). The first-order valence-corrected chi connectivity index (χ1v) is 5.93. The van der Waals surface area contributed by atoms with Gasteiger partial charge in [-0.1, -0.05) is 0 Å². The third-order valence-corrected chi connectivity index (χ3v) is 4.04. The van der Waals surface area contributed by atoms with E-state index in [-0.39, 0.29) is 0 Å². The molecule has 0 aliphatic rings. The van der Waals surface area contributed by atoms with Gasteiger partial charge in [0.2, 0.25) is 0 Å². The van der Waals surface area contributed by atoms with Gasteiger partial charge in [-0.15, -0.1) is 0 Å². The molecule has 0 spiro atoms. The molecule has 0 aromatic carbocycles. The first-order chi connectivity index (χ1) is 4.96. The van der Waals surface area contributed by atoms with Crippen molar-refractivity contribution in [3.8, 4) is 0 Å². The van der Waals surface area contributed by atoms with Crippen LogP contribution in [-0.4, -0.2) is 36.4 Å². The molecule has 0 atom stereocenters. The Morgan fingerprint density at radius 1 is 1.08 bits per heavy atom. The van der Waals surface area contributed by atoms with Gasteiger partial charge in [-0.2, -0.15) is 16.8 Å². The molecule has 0 bridgehead atoms. The quantitative estimate of drug-likeness (QED) is 0.620. The van der Waals surface area contributed by atoms with Gasteiger partial charge in [-0.25, -0.2) is 0 Å². The van der Waals surface area contributed by atoms with E-state index in [9.17, 15) is 16.8 Å². The lowest BCUT2D eigenvalue weighted by Crippen LogP contribution is -2.38. The largest absolute Gasteiger partial charge is 0.285 e. The maximum atomic E-state index is 10.5. The van der Waals surface area contributed by atoms with Crippen LogP contribution in [0.1, 0.15) is 13.8 Å². The highest BCUT2D eigenvalue weighted by atomic mass is 32.2. The molecule has 0 saturated carbocycles. The zero-order chi connectivity index (χ0) is 10.2. The van der Waals surface area contributed by atoms with Crippen molar-refractivity contribution in [1.29, 1.82) is 0 Å². The SMILES string of the molecule is CC(C)(CS(=O)(=O)O)S(=O)(=O)O. The van der Waals surface area contributed by atoms with Crippen molar-refractivity contribution < 1.29 is 25.9 Å². The van der Waals surface area contributed by atoms with Crippen LogP contribution in [0, 0.1) is 0 Å². The summed E-state index contributed by atoms with van der Waals surface area (Å²) in [4.78, 5) is 0. The van der Waals surface area contributed by atoms with Crippen molar-refractivity contribution in [2.75, 3.05) is 5.75 Å².